The van der Waals surface area contributed by atoms with Crippen LogP contribution in [-0.4, -0.2) is 24.9 Å². The van der Waals surface area contributed by atoms with E-state index >= 15 is 0 Å². The van der Waals surface area contributed by atoms with Crippen LogP contribution in [0.5, 0.6) is 0 Å². The molecule has 0 amide bonds. The summed E-state index contributed by atoms with van der Waals surface area (Å²) in [5, 5.41) is 3.10. The minimum atomic E-state index is -0.279. The highest BCUT2D eigenvalue weighted by Gasteiger charge is 2.05. The highest BCUT2D eigenvalue weighted by Crippen LogP contribution is 1.86. The summed E-state index contributed by atoms with van der Waals surface area (Å²) < 4.78 is 0. The van der Waals surface area contributed by atoms with Crippen LogP contribution in [0.2, 0.25) is 0 Å². The van der Waals surface area contributed by atoms with Crippen LogP contribution in [0.15, 0.2) is 0 Å². The molecule has 3 heteroatoms. The molecule has 3 nitrogen and oxygen atoms in total. The smallest absolute Gasteiger partial charge is 0.146 e. The number of carbonyl (C=O) groups excluding carboxylic acids is 1. The first kappa shape index (κ1) is 9.59. The average molecular weight is 144 g/mol. The van der Waals surface area contributed by atoms with Crippen molar-refractivity contribution < 1.29 is 4.79 Å². The molecule has 0 aromatic rings. The first-order chi connectivity index (χ1) is 4.68. The Morgan fingerprint density at radius 2 is 2.30 bits per heavy atom. The van der Waals surface area contributed by atoms with Crippen molar-refractivity contribution in [1.82, 2.24) is 5.32 Å². The van der Waals surface area contributed by atoms with Gasteiger partial charge < -0.3 is 11.1 Å². The maximum absolute atomic E-state index is 10.6. The van der Waals surface area contributed by atoms with Gasteiger partial charge >= 0.3 is 0 Å². The van der Waals surface area contributed by atoms with Gasteiger partial charge in [-0.2, -0.15) is 0 Å². The molecular formula is C7H16N2O. The van der Waals surface area contributed by atoms with Gasteiger partial charge in [0.25, 0.3) is 0 Å². The van der Waals surface area contributed by atoms with Crippen LogP contribution in [0, 0.1) is 0 Å². The molecule has 0 heterocycles. The molecule has 0 rings (SSSR count). The summed E-state index contributed by atoms with van der Waals surface area (Å²) >= 11 is 0. The number of Topliss-reactive ketones (excluding diaryl/α,β-unsaturated/α-hetero) is 1. The third kappa shape index (κ3) is 4.47. The SMILES string of the molecule is CCNCCC(N)C(C)=O. The van der Waals surface area contributed by atoms with Crippen LogP contribution in [-0.2, 0) is 4.79 Å². The van der Waals surface area contributed by atoms with E-state index in [-0.39, 0.29) is 11.8 Å². The maximum atomic E-state index is 10.6. The quantitative estimate of drug-likeness (QED) is 0.530. The Morgan fingerprint density at radius 3 is 2.70 bits per heavy atom. The van der Waals surface area contributed by atoms with E-state index in [4.69, 9.17) is 5.73 Å². The first-order valence-electron chi connectivity index (χ1n) is 3.65. The van der Waals surface area contributed by atoms with Gasteiger partial charge in [0.1, 0.15) is 5.78 Å². The van der Waals surface area contributed by atoms with Crippen LogP contribution in [0.1, 0.15) is 20.3 Å². The fourth-order valence-electron chi connectivity index (χ4n) is 0.638. The highest BCUT2D eigenvalue weighted by atomic mass is 16.1. The maximum Gasteiger partial charge on any atom is 0.146 e. The number of ketones is 1. The Kier molecular flexibility index (Phi) is 5.16. The van der Waals surface area contributed by atoms with Gasteiger partial charge in [0.2, 0.25) is 0 Å². The monoisotopic (exact) mass is 144 g/mol. The molecule has 0 fully saturated rings. The van der Waals surface area contributed by atoms with Crippen molar-refractivity contribution in [2.75, 3.05) is 13.1 Å². The van der Waals surface area contributed by atoms with E-state index in [1.54, 1.807) is 0 Å². The minimum absolute atomic E-state index is 0.0675. The van der Waals surface area contributed by atoms with Gasteiger partial charge in [0, 0.05) is 0 Å². The standard InChI is InChI=1S/C7H16N2O/c1-3-9-5-4-7(8)6(2)10/h7,9H,3-5,8H2,1-2H3. The predicted molar refractivity (Wildman–Crippen MR) is 41.8 cm³/mol. The van der Waals surface area contributed by atoms with E-state index in [1.165, 1.54) is 6.92 Å². The number of hydrogen-bond acceptors (Lipinski definition) is 3. The summed E-state index contributed by atoms with van der Waals surface area (Å²) in [6.45, 7) is 5.32. The van der Waals surface area contributed by atoms with Gasteiger partial charge in [-0.3, -0.25) is 4.79 Å². The Hall–Kier alpha value is -0.410. The third-order valence-corrected chi connectivity index (χ3v) is 1.40. The average Bonchev–Trinajstić information content (AvgIpc) is 1.88. The largest absolute Gasteiger partial charge is 0.321 e. The number of hydrogen-bond donors (Lipinski definition) is 2. The van der Waals surface area contributed by atoms with E-state index in [0.717, 1.165) is 19.5 Å². The summed E-state index contributed by atoms with van der Waals surface area (Å²) in [5.41, 5.74) is 5.47. The molecule has 1 unspecified atom stereocenters. The number of carbonyl (C=O) groups is 1. The summed E-state index contributed by atoms with van der Waals surface area (Å²) in [5.74, 6) is 0.0675. The van der Waals surface area contributed by atoms with E-state index in [2.05, 4.69) is 5.32 Å². The molecule has 0 bridgehead atoms. The van der Waals surface area contributed by atoms with E-state index in [9.17, 15) is 4.79 Å². The second kappa shape index (κ2) is 5.38. The Bertz CT molecular complexity index is 104. The van der Waals surface area contributed by atoms with Crippen LogP contribution in [0.4, 0.5) is 0 Å². The van der Waals surface area contributed by atoms with E-state index < -0.39 is 0 Å². The molecule has 3 N–H and O–H groups in total. The molecule has 10 heavy (non-hydrogen) atoms. The third-order valence-electron chi connectivity index (χ3n) is 1.40. The second-order valence-corrected chi connectivity index (χ2v) is 2.36. The molecule has 0 saturated carbocycles. The Balaban J connectivity index is 3.21. The van der Waals surface area contributed by atoms with Crippen molar-refractivity contribution in [1.29, 1.82) is 0 Å². The van der Waals surface area contributed by atoms with Gasteiger partial charge in [-0.15, -0.1) is 0 Å². The molecule has 0 saturated heterocycles. The molecule has 1 atom stereocenters. The second-order valence-electron chi connectivity index (χ2n) is 2.36. The van der Waals surface area contributed by atoms with Crippen LogP contribution in [0.3, 0.4) is 0 Å². The zero-order chi connectivity index (χ0) is 7.98. The summed E-state index contributed by atoms with van der Waals surface area (Å²) in [6, 6.07) is -0.279. The fourth-order valence-corrected chi connectivity index (χ4v) is 0.638. The number of rotatable bonds is 5. The van der Waals surface area contributed by atoms with E-state index in [0.29, 0.717) is 0 Å². The lowest BCUT2D eigenvalue weighted by Crippen LogP contribution is -2.32. The first-order valence-corrected chi connectivity index (χ1v) is 3.65. The minimum Gasteiger partial charge on any atom is -0.321 e. The Labute approximate surface area is 62.0 Å². The van der Waals surface area contributed by atoms with Crippen LogP contribution in [0.25, 0.3) is 0 Å². The molecule has 0 aromatic carbocycles. The molecule has 0 radical (unpaired) electrons. The molecular weight excluding hydrogens is 128 g/mol. The normalized spacial score (nSPS) is 13.1. The van der Waals surface area contributed by atoms with Crippen molar-refractivity contribution >= 4 is 5.78 Å². The fraction of sp³-hybridized carbons (Fsp3) is 0.857. The van der Waals surface area contributed by atoms with Crippen molar-refractivity contribution in [3.8, 4) is 0 Å². The molecule has 0 aliphatic carbocycles. The van der Waals surface area contributed by atoms with Crippen molar-refractivity contribution in [3.05, 3.63) is 0 Å². The summed E-state index contributed by atoms with van der Waals surface area (Å²) in [4.78, 5) is 10.6. The van der Waals surface area contributed by atoms with Gasteiger partial charge in [0.15, 0.2) is 0 Å². The zero-order valence-corrected chi connectivity index (χ0v) is 6.68. The number of nitrogens with two attached hydrogens (primary N) is 1. The molecule has 0 spiro atoms. The molecule has 60 valence electrons. The molecule has 0 aromatic heterocycles. The van der Waals surface area contributed by atoms with Crippen molar-refractivity contribution in [2.24, 2.45) is 5.73 Å². The lowest BCUT2D eigenvalue weighted by atomic mass is 10.1. The lowest BCUT2D eigenvalue weighted by molar-refractivity contribution is -0.118. The Morgan fingerprint density at radius 1 is 1.70 bits per heavy atom. The predicted octanol–water partition coefficient (Wildman–Crippen LogP) is -0.0977. The summed E-state index contributed by atoms with van der Waals surface area (Å²) in [6.07, 6.45) is 0.739. The van der Waals surface area contributed by atoms with Crippen molar-refractivity contribution in [3.63, 3.8) is 0 Å². The van der Waals surface area contributed by atoms with Crippen LogP contribution < -0.4 is 11.1 Å². The van der Waals surface area contributed by atoms with Gasteiger partial charge in [-0.1, -0.05) is 6.92 Å². The van der Waals surface area contributed by atoms with Crippen molar-refractivity contribution in [2.45, 2.75) is 26.3 Å². The van der Waals surface area contributed by atoms with Crippen LogP contribution >= 0.6 is 0 Å². The van der Waals surface area contributed by atoms with E-state index in [1.807, 2.05) is 6.92 Å². The summed E-state index contributed by atoms with van der Waals surface area (Å²) in [7, 11) is 0. The van der Waals surface area contributed by atoms with Gasteiger partial charge in [-0.05, 0) is 26.4 Å². The molecule has 0 aliphatic rings. The topological polar surface area (TPSA) is 55.1 Å². The van der Waals surface area contributed by atoms with Gasteiger partial charge in [0.05, 0.1) is 6.04 Å². The molecule has 0 aliphatic heterocycles. The number of nitrogens with one attached hydrogen (secondary N) is 1. The zero-order valence-electron chi connectivity index (χ0n) is 6.68. The highest BCUT2D eigenvalue weighted by molar-refractivity contribution is 5.81. The van der Waals surface area contributed by atoms with Gasteiger partial charge in [-0.25, -0.2) is 0 Å². The lowest BCUT2D eigenvalue weighted by Gasteiger charge is -2.06.